The van der Waals surface area contributed by atoms with Gasteiger partial charge in [0.1, 0.15) is 17.4 Å². The van der Waals surface area contributed by atoms with Crippen LogP contribution in [-0.4, -0.2) is 21.0 Å². The zero-order valence-electron chi connectivity index (χ0n) is 19.9. The van der Waals surface area contributed by atoms with Crippen molar-refractivity contribution in [1.29, 1.82) is 5.26 Å². The molecular weight excluding hydrogens is 454 g/mol. The maximum absolute atomic E-state index is 13.4. The zero-order valence-corrected chi connectivity index (χ0v) is 19.9. The highest BCUT2D eigenvalue weighted by Gasteiger charge is 2.20. The van der Waals surface area contributed by atoms with Gasteiger partial charge in [-0.05, 0) is 62.7 Å². The molecule has 0 fully saturated rings. The van der Waals surface area contributed by atoms with Crippen LogP contribution in [0.25, 0.3) is 22.4 Å². The molecule has 2 aromatic carbocycles. The van der Waals surface area contributed by atoms with Crippen molar-refractivity contribution >= 4 is 22.7 Å². The number of benzene rings is 2. The third kappa shape index (κ3) is 4.38. The second-order valence-electron chi connectivity index (χ2n) is 8.37. The molecule has 1 N–H and O–H groups in total. The number of hydrogen-bond donors (Lipinski definition) is 1. The van der Waals surface area contributed by atoms with Crippen molar-refractivity contribution in [1.82, 2.24) is 15.1 Å². The smallest absolute Gasteiger partial charge is 0.259 e. The van der Waals surface area contributed by atoms with Crippen molar-refractivity contribution in [3.63, 3.8) is 0 Å². The molecule has 0 spiro atoms. The Hall–Kier alpha value is -5.03. The van der Waals surface area contributed by atoms with Gasteiger partial charge in [-0.2, -0.15) is 5.26 Å². The SMILES string of the molecule is Cc1ccc(-c2cc(C(=O)Nc3ccc(Oc4ncccc4C#N)cc3C)c3c(C)noc3n2)cc1. The van der Waals surface area contributed by atoms with Crippen molar-refractivity contribution in [2.24, 2.45) is 0 Å². The summed E-state index contributed by atoms with van der Waals surface area (Å²) >= 11 is 0. The zero-order chi connectivity index (χ0) is 25.2. The molecule has 8 heteroatoms. The molecule has 0 bridgehead atoms. The van der Waals surface area contributed by atoms with Gasteiger partial charge in [0.15, 0.2) is 0 Å². The highest BCUT2D eigenvalue weighted by atomic mass is 16.5. The van der Waals surface area contributed by atoms with Gasteiger partial charge in [0.05, 0.1) is 22.3 Å². The maximum Gasteiger partial charge on any atom is 0.259 e. The fourth-order valence-electron chi connectivity index (χ4n) is 3.84. The number of fused-ring (bicyclic) bond motifs is 1. The minimum absolute atomic E-state index is 0.224. The second kappa shape index (κ2) is 9.31. The Morgan fingerprint density at radius 2 is 1.86 bits per heavy atom. The molecule has 8 nitrogen and oxygen atoms in total. The van der Waals surface area contributed by atoms with E-state index in [1.807, 2.05) is 38.1 Å². The van der Waals surface area contributed by atoms with Crippen LogP contribution in [0.2, 0.25) is 0 Å². The Morgan fingerprint density at radius 1 is 1.06 bits per heavy atom. The number of anilines is 1. The molecule has 36 heavy (non-hydrogen) atoms. The van der Waals surface area contributed by atoms with E-state index in [4.69, 9.17) is 9.26 Å². The van der Waals surface area contributed by atoms with Crippen LogP contribution in [0.3, 0.4) is 0 Å². The third-order valence-electron chi connectivity index (χ3n) is 5.76. The normalized spacial score (nSPS) is 10.7. The molecule has 0 saturated carbocycles. The molecule has 0 saturated heterocycles. The van der Waals surface area contributed by atoms with Crippen LogP contribution < -0.4 is 10.1 Å². The van der Waals surface area contributed by atoms with Gasteiger partial charge in [-0.1, -0.05) is 35.0 Å². The molecule has 0 aliphatic rings. The molecule has 5 aromatic rings. The first-order chi connectivity index (χ1) is 17.4. The van der Waals surface area contributed by atoms with Gasteiger partial charge in [0.2, 0.25) is 5.88 Å². The molecule has 0 radical (unpaired) electrons. The van der Waals surface area contributed by atoms with E-state index in [-0.39, 0.29) is 11.8 Å². The number of nitrogens with one attached hydrogen (secondary N) is 1. The largest absolute Gasteiger partial charge is 0.438 e. The molecule has 0 aliphatic heterocycles. The standard InChI is InChI=1S/C28H21N5O3/c1-16-6-8-19(9-7-16)24-14-22(25-18(3)33-36-28(25)32-24)26(34)31-23-11-10-21(13-17(23)2)35-27-20(15-29)5-4-12-30-27/h4-14H,1-3H3,(H,31,34). The Kier molecular flexibility index (Phi) is 5.88. The first-order valence-electron chi connectivity index (χ1n) is 11.2. The van der Waals surface area contributed by atoms with E-state index < -0.39 is 0 Å². The lowest BCUT2D eigenvalue weighted by Gasteiger charge is -2.12. The van der Waals surface area contributed by atoms with Gasteiger partial charge < -0.3 is 14.6 Å². The fraction of sp³-hybridized carbons (Fsp3) is 0.107. The van der Waals surface area contributed by atoms with E-state index >= 15 is 0 Å². The first kappa shape index (κ1) is 22.7. The van der Waals surface area contributed by atoms with Gasteiger partial charge in [-0.25, -0.2) is 9.97 Å². The number of carbonyl (C=O) groups is 1. The van der Waals surface area contributed by atoms with Crippen LogP contribution in [-0.2, 0) is 0 Å². The summed E-state index contributed by atoms with van der Waals surface area (Å²) in [5.74, 6) is 0.417. The van der Waals surface area contributed by atoms with Gasteiger partial charge in [-0.3, -0.25) is 4.79 Å². The maximum atomic E-state index is 13.4. The predicted molar refractivity (Wildman–Crippen MR) is 135 cm³/mol. The van der Waals surface area contributed by atoms with Gasteiger partial charge >= 0.3 is 0 Å². The molecule has 0 unspecified atom stereocenters. The van der Waals surface area contributed by atoms with Crippen LogP contribution in [0.5, 0.6) is 11.6 Å². The van der Waals surface area contributed by atoms with Crippen molar-refractivity contribution in [3.8, 4) is 29.0 Å². The first-order valence-corrected chi connectivity index (χ1v) is 11.2. The number of pyridine rings is 2. The van der Waals surface area contributed by atoms with E-state index in [9.17, 15) is 10.1 Å². The van der Waals surface area contributed by atoms with E-state index in [1.165, 1.54) is 0 Å². The summed E-state index contributed by atoms with van der Waals surface area (Å²) in [6.45, 7) is 5.65. The number of aromatic nitrogens is 3. The van der Waals surface area contributed by atoms with Gasteiger partial charge in [0, 0.05) is 17.4 Å². The minimum atomic E-state index is -0.310. The van der Waals surface area contributed by atoms with Crippen LogP contribution >= 0.6 is 0 Å². The van der Waals surface area contributed by atoms with Gasteiger partial charge in [-0.15, -0.1) is 0 Å². The van der Waals surface area contributed by atoms with Crippen LogP contribution in [0.15, 0.2) is 71.4 Å². The van der Waals surface area contributed by atoms with E-state index in [0.717, 1.165) is 16.7 Å². The number of hydrogen-bond acceptors (Lipinski definition) is 7. The lowest BCUT2D eigenvalue weighted by atomic mass is 10.0. The lowest BCUT2D eigenvalue weighted by molar-refractivity contribution is 0.102. The molecule has 3 aromatic heterocycles. The van der Waals surface area contributed by atoms with Crippen LogP contribution in [0.1, 0.15) is 32.7 Å². The fourth-order valence-corrected chi connectivity index (χ4v) is 3.84. The summed E-state index contributed by atoms with van der Waals surface area (Å²) in [4.78, 5) is 22.1. The topological polar surface area (TPSA) is 114 Å². The molecule has 1 amide bonds. The van der Waals surface area contributed by atoms with E-state index in [1.54, 1.807) is 49.5 Å². The minimum Gasteiger partial charge on any atom is -0.438 e. The van der Waals surface area contributed by atoms with Gasteiger partial charge in [0.25, 0.3) is 11.6 Å². The summed E-state index contributed by atoms with van der Waals surface area (Å²) in [7, 11) is 0. The molecule has 176 valence electrons. The van der Waals surface area contributed by atoms with E-state index in [0.29, 0.717) is 45.1 Å². The Labute approximate surface area is 207 Å². The molecule has 0 aliphatic carbocycles. The van der Waals surface area contributed by atoms with Crippen molar-refractivity contribution in [3.05, 3.63) is 94.8 Å². The van der Waals surface area contributed by atoms with Crippen molar-refractivity contribution in [2.75, 3.05) is 5.32 Å². The monoisotopic (exact) mass is 475 g/mol. The number of aryl methyl sites for hydroxylation is 3. The highest BCUT2D eigenvalue weighted by Crippen LogP contribution is 2.30. The molecule has 5 rings (SSSR count). The summed E-state index contributed by atoms with van der Waals surface area (Å²) in [5, 5.41) is 16.8. The number of ether oxygens (including phenoxy) is 1. The summed E-state index contributed by atoms with van der Waals surface area (Å²) in [6, 6.07) is 20.2. The summed E-state index contributed by atoms with van der Waals surface area (Å²) in [5.41, 5.74) is 5.66. The summed E-state index contributed by atoms with van der Waals surface area (Å²) in [6.07, 6.45) is 1.56. The Morgan fingerprint density at radius 3 is 2.61 bits per heavy atom. The average Bonchev–Trinajstić information content (AvgIpc) is 3.26. The predicted octanol–water partition coefficient (Wildman–Crippen LogP) is 6.13. The lowest BCUT2D eigenvalue weighted by Crippen LogP contribution is -2.14. The number of nitriles is 1. The number of rotatable bonds is 5. The number of carbonyl (C=O) groups excluding carboxylic acids is 1. The van der Waals surface area contributed by atoms with E-state index in [2.05, 4.69) is 26.5 Å². The Bertz CT molecular complexity index is 1650. The van der Waals surface area contributed by atoms with Crippen molar-refractivity contribution < 1.29 is 14.1 Å². The second-order valence-corrected chi connectivity index (χ2v) is 8.37. The van der Waals surface area contributed by atoms with Crippen LogP contribution in [0, 0.1) is 32.1 Å². The summed E-state index contributed by atoms with van der Waals surface area (Å²) < 4.78 is 11.2. The Balaban J connectivity index is 1.45. The highest BCUT2D eigenvalue weighted by molar-refractivity contribution is 6.13. The third-order valence-corrected chi connectivity index (χ3v) is 5.76. The molecule has 0 atom stereocenters. The molecule has 3 heterocycles. The average molecular weight is 476 g/mol. The molecular formula is C28H21N5O3. The van der Waals surface area contributed by atoms with Crippen LogP contribution in [0.4, 0.5) is 5.69 Å². The van der Waals surface area contributed by atoms with Crippen molar-refractivity contribution in [2.45, 2.75) is 20.8 Å². The quantitative estimate of drug-likeness (QED) is 0.325. The number of amides is 1. The number of nitrogens with zero attached hydrogens (tertiary/aromatic N) is 4.